The summed E-state index contributed by atoms with van der Waals surface area (Å²) in [5.41, 5.74) is 1.02. The molecule has 0 aliphatic carbocycles. The van der Waals surface area contributed by atoms with Gasteiger partial charge in [0, 0.05) is 25.1 Å². The molecule has 1 aromatic heterocycles. The molecule has 0 saturated carbocycles. The summed E-state index contributed by atoms with van der Waals surface area (Å²) in [6, 6.07) is 11.4. The highest BCUT2D eigenvalue weighted by Crippen LogP contribution is 2.20. The van der Waals surface area contributed by atoms with Crippen LogP contribution in [-0.4, -0.2) is 35.0 Å². The normalized spacial score (nSPS) is 15.3. The fraction of sp³-hybridized carbons (Fsp3) is 0.389. The highest BCUT2D eigenvalue weighted by molar-refractivity contribution is 5.91. The maximum Gasteiger partial charge on any atom is 0.228 e. The molecule has 0 radical (unpaired) electrons. The minimum Gasteiger partial charge on any atom is -0.360 e. The summed E-state index contributed by atoms with van der Waals surface area (Å²) in [7, 11) is 0. The van der Waals surface area contributed by atoms with Crippen LogP contribution in [0.5, 0.6) is 0 Å². The second-order valence-corrected chi connectivity index (χ2v) is 6.13. The van der Waals surface area contributed by atoms with Crippen molar-refractivity contribution in [2.75, 3.05) is 18.4 Å². The Balaban J connectivity index is 1.48. The third-order valence-corrected chi connectivity index (χ3v) is 4.30. The molecular formula is C18H21N3O3. The van der Waals surface area contributed by atoms with Crippen LogP contribution >= 0.6 is 0 Å². The third-order valence-electron chi connectivity index (χ3n) is 4.30. The van der Waals surface area contributed by atoms with E-state index < -0.39 is 0 Å². The van der Waals surface area contributed by atoms with E-state index in [2.05, 4.69) is 10.5 Å². The Bertz CT molecular complexity index is 703. The highest BCUT2D eigenvalue weighted by atomic mass is 16.5. The molecular weight excluding hydrogens is 306 g/mol. The van der Waals surface area contributed by atoms with E-state index in [1.54, 1.807) is 13.0 Å². The smallest absolute Gasteiger partial charge is 0.228 e. The Hall–Kier alpha value is -2.63. The molecule has 0 unspecified atom stereocenters. The van der Waals surface area contributed by atoms with Crippen molar-refractivity contribution < 1.29 is 14.1 Å². The number of aryl methyl sites for hydroxylation is 1. The number of hydrogen-bond acceptors (Lipinski definition) is 4. The number of nitrogens with zero attached hydrogens (tertiary/aromatic N) is 2. The molecule has 1 aliphatic heterocycles. The quantitative estimate of drug-likeness (QED) is 0.935. The van der Waals surface area contributed by atoms with Crippen molar-refractivity contribution in [3.63, 3.8) is 0 Å². The van der Waals surface area contributed by atoms with Gasteiger partial charge in [-0.2, -0.15) is 0 Å². The van der Waals surface area contributed by atoms with Gasteiger partial charge in [-0.15, -0.1) is 0 Å². The first-order valence-corrected chi connectivity index (χ1v) is 8.17. The van der Waals surface area contributed by atoms with Gasteiger partial charge in [0.05, 0.1) is 6.42 Å². The molecule has 1 aliphatic rings. The number of amides is 2. The van der Waals surface area contributed by atoms with E-state index in [0.29, 0.717) is 43.9 Å². The predicted octanol–water partition coefficient (Wildman–Crippen LogP) is 2.40. The fourth-order valence-corrected chi connectivity index (χ4v) is 2.93. The van der Waals surface area contributed by atoms with Crippen LogP contribution in [0, 0.1) is 12.8 Å². The summed E-state index contributed by atoms with van der Waals surface area (Å²) in [6.07, 6.45) is 1.75. The molecule has 1 aromatic carbocycles. The minimum absolute atomic E-state index is 0.0570. The van der Waals surface area contributed by atoms with E-state index in [0.717, 1.165) is 5.56 Å². The van der Waals surface area contributed by atoms with Crippen molar-refractivity contribution >= 4 is 17.6 Å². The van der Waals surface area contributed by atoms with Gasteiger partial charge < -0.3 is 14.7 Å². The van der Waals surface area contributed by atoms with Gasteiger partial charge in [0.1, 0.15) is 5.76 Å². The van der Waals surface area contributed by atoms with Crippen LogP contribution in [0.2, 0.25) is 0 Å². The zero-order valence-corrected chi connectivity index (χ0v) is 13.7. The summed E-state index contributed by atoms with van der Waals surface area (Å²) < 4.78 is 4.94. The molecule has 0 atom stereocenters. The lowest BCUT2D eigenvalue weighted by atomic mass is 9.95. The average molecular weight is 327 g/mol. The van der Waals surface area contributed by atoms with Gasteiger partial charge in [0.25, 0.3) is 0 Å². The van der Waals surface area contributed by atoms with E-state index in [1.807, 2.05) is 35.2 Å². The monoisotopic (exact) mass is 327 g/mol. The summed E-state index contributed by atoms with van der Waals surface area (Å²) in [5.74, 6) is 1.07. The number of benzene rings is 1. The average Bonchev–Trinajstić information content (AvgIpc) is 3.00. The topological polar surface area (TPSA) is 75.4 Å². The van der Waals surface area contributed by atoms with Crippen molar-refractivity contribution in [2.45, 2.75) is 26.2 Å². The summed E-state index contributed by atoms with van der Waals surface area (Å²) >= 11 is 0. The minimum atomic E-state index is -0.0946. The van der Waals surface area contributed by atoms with Crippen LogP contribution in [0.15, 0.2) is 40.9 Å². The van der Waals surface area contributed by atoms with E-state index in [1.165, 1.54) is 0 Å². The molecule has 1 saturated heterocycles. The van der Waals surface area contributed by atoms with Crippen molar-refractivity contribution in [3.8, 4) is 0 Å². The third kappa shape index (κ3) is 4.01. The molecule has 6 nitrogen and oxygen atoms in total. The highest BCUT2D eigenvalue weighted by Gasteiger charge is 2.27. The van der Waals surface area contributed by atoms with E-state index in [-0.39, 0.29) is 17.7 Å². The maximum atomic E-state index is 12.3. The number of piperidine rings is 1. The second-order valence-electron chi connectivity index (χ2n) is 6.13. The van der Waals surface area contributed by atoms with E-state index in [4.69, 9.17) is 4.52 Å². The summed E-state index contributed by atoms with van der Waals surface area (Å²) in [4.78, 5) is 26.4. The molecule has 1 N–H and O–H groups in total. The Morgan fingerprint density at radius 1 is 1.25 bits per heavy atom. The molecule has 3 rings (SSSR count). The number of anilines is 1. The Labute approximate surface area is 140 Å². The first-order valence-electron chi connectivity index (χ1n) is 8.17. The first kappa shape index (κ1) is 16.2. The zero-order chi connectivity index (χ0) is 16.9. The lowest BCUT2D eigenvalue weighted by molar-refractivity contribution is -0.133. The van der Waals surface area contributed by atoms with Gasteiger partial charge in [-0.05, 0) is 25.3 Å². The van der Waals surface area contributed by atoms with Gasteiger partial charge in [-0.1, -0.05) is 35.5 Å². The molecule has 2 amide bonds. The van der Waals surface area contributed by atoms with Crippen LogP contribution in [0.4, 0.5) is 5.82 Å². The molecule has 2 heterocycles. The van der Waals surface area contributed by atoms with Gasteiger partial charge >= 0.3 is 0 Å². The number of aromatic nitrogens is 1. The molecule has 0 bridgehead atoms. The SMILES string of the molecule is Cc1cc(NC(=O)C2CCN(C(=O)Cc3ccccc3)CC2)no1. The predicted molar refractivity (Wildman–Crippen MR) is 89.3 cm³/mol. The first-order chi connectivity index (χ1) is 11.6. The maximum absolute atomic E-state index is 12.3. The lowest BCUT2D eigenvalue weighted by Gasteiger charge is -2.31. The van der Waals surface area contributed by atoms with Crippen LogP contribution in [0.1, 0.15) is 24.2 Å². The van der Waals surface area contributed by atoms with Crippen LogP contribution in [0.3, 0.4) is 0 Å². The van der Waals surface area contributed by atoms with Gasteiger partial charge in [-0.25, -0.2) is 0 Å². The van der Waals surface area contributed by atoms with Crippen molar-refractivity contribution in [1.29, 1.82) is 0 Å². The van der Waals surface area contributed by atoms with Gasteiger partial charge in [-0.3, -0.25) is 9.59 Å². The molecule has 2 aromatic rings. The molecule has 24 heavy (non-hydrogen) atoms. The fourth-order valence-electron chi connectivity index (χ4n) is 2.93. The number of nitrogens with one attached hydrogen (secondary N) is 1. The van der Waals surface area contributed by atoms with E-state index >= 15 is 0 Å². The zero-order valence-electron chi connectivity index (χ0n) is 13.7. The summed E-state index contributed by atoms with van der Waals surface area (Å²) in [6.45, 7) is 3.00. The Morgan fingerprint density at radius 2 is 1.96 bits per heavy atom. The standard InChI is InChI=1S/C18H21N3O3/c1-13-11-16(20-24-13)19-18(23)15-7-9-21(10-8-15)17(22)12-14-5-3-2-4-6-14/h2-6,11,15H,7-10,12H2,1H3,(H,19,20,23). The Morgan fingerprint density at radius 3 is 2.58 bits per heavy atom. The van der Waals surface area contributed by atoms with Crippen molar-refractivity contribution in [1.82, 2.24) is 10.1 Å². The largest absolute Gasteiger partial charge is 0.360 e. The molecule has 0 spiro atoms. The van der Waals surface area contributed by atoms with Crippen molar-refractivity contribution in [3.05, 3.63) is 47.7 Å². The molecule has 6 heteroatoms. The van der Waals surface area contributed by atoms with Crippen LogP contribution in [-0.2, 0) is 16.0 Å². The van der Waals surface area contributed by atoms with Gasteiger partial charge in [0.2, 0.25) is 11.8 Å². The van der Waals surface area contributed by atoms with Crippen LogP contribution < -0.4 is 5.32 Å². The molecule has 1 fully saturated rings. The molecule has 126 valence electrons. The number of carbonyl (C=O) groups is 2. The van der Waals surface area contributed by atoms with E-state index in [9.17, 15) is 9.59 Å². The second kappa shape index (κ2) is 7.29. The van der Waals surface area contributed by atoms with Gasteiger partial charge in [0.15, 0.2) is 5.82 Å². The number of rotatable bonds is 4. The lowest BCUT2D eigenvalue weighted by Crippen LogP contribution is -2.42. The number of hydrogen-bond donors (Lipinski definition) is 1. The Kier molecular flexibility index (Phi) is 4.93. The van der Waals surface area contributed by atoms with Crippen LogP contribution in [0.25, 0.3) is 0 Å². The summed E-state index contributed by atoms with van der Waals surface area (Å²) in [5, 5.41) is 6.54. The van der Waals surface area contributed by atoms with Crippen molar-refractivity contribution in [2.24, 2.45) is 5.92 Å². The number of carbonyl (C=O) groups excluding carboxylic acids is 2. The number of likely N-dealkylation sites (tertiary alicyclic amines) is 1.